The predicted octanol–water partition coefficient (Wildman–Crippen LogP) is 11.2. The van der Waals surface area contributed by atoms with Crippen molar-refractivity contribution in [1.29, 1.82) is 0 Å². The van der Waals surface area contributed by atoms with Crippen molar-refractivity contribution >= 4 is 17.9 Å². The van der Waals surface area contributed by atoms with E-state index >= 15 is 0 Å². The molecule has 1 atom stereocenters. The molecule has 0 radical (unpaired) electrons. The van der Waals surface area contributed by atoms with Crippen LogP contribution < -0.4 is 0 Å². The van der Waals surface area contributed by atoms with Crippen LogP contribution >= 0.6 is 0 Å². The number of unbranched alkanes of at least 4 members (excludes halogenated alkanes) is 20. The third-order valence-corrected chi connectivity index (χ3v) is 8.29. The lowest BCUT2D eigenvalue weighted by Gasteiger charge is -2.18. The van der Waals surface area contributed by atoms with Crippen LogP contribution in [0.5, 0.6) is 0 Å². The summed E-state index contributed by atoms with van der Waals surface area (Å²) in [6.07, 6.45) is 28.2. The Kier molecular flexibility index (Phi) is 31.6. The summed E-state index contributed by atoms with van der Waals surface area (Å²) in [6, 6.07) is 0. The zero-order valence-corrected chi connectivity index (χ0v) is 29.6. The van der Waals surface area contributed by atoms with Crippen LogP contribution in [0.3, 0.4) is 0 Å². The molecule has 0 saturated heterocycles. The summed E-state index contributed by atoms with van der Waals surface area (Å²) in [4.78, 5) is 37.2. The van der Waals surface area contributed by atoms with E-state index in [1.54, 1.807) is 0 Å². The van der Waals surface area contributed by atoms with E-state index < -0.39 is 6.10 Å². The number of ether oxygens (including phenoxy) is 3. The van der Waals surface area contributed by atoms with Gasteiger partial charge in [-0.2, -0.15) is 0 Å². The van der Waals surface area contributed by atoms with Gasteiger partial charge in [0.25, 0.3) is 0 Å². The van der Waals surface area contributed by atoms with Crippen LogP contribution in [-0.4, -0.2) is 37.2 Å². The first-order valence-electron chi connectivity index (χ1n) is 18.9. The van der Waals surface area contributed by atoms with Crippen molar-refractivity contribution in [3.8, 4) is 0 Å². The molecule has 6 heteroatoms. The maximum absolute atomic E-state index is 12.5. The Morgan fingerprint density at radius 2 is 0.750 bits per heavy atom. The van der Waals surface area contributed by atoms with Gasteiger partial charge in [0.1, 0.15) is 13.2 Å². The first-order chi connectivity index (χ1) is 21.4. The second-order valence-corrected chi connectivity index (χ2v) is 13.3. The molecule has 0 aromatic heterocycles. The van der Waals surface area contributed by atoms with Gasteiger partial charge in [-0.3, -0.25) is 14.4 Å². The third-order valence-electron chi connectivity index (χ3n) is 8.29. The molecule has 0 aromatic rings. The lowest BCUT2D eigenvalue weighted by molar-refractivity contribution is -0.167. The van der Waals surface area contributed by atoms with E-state index in [-0.39, 0.29) is 31.1 Å². The summed E-state index contributed by atoms with van der Waals surface area (Å²) in [5.74, 6) is -0.119. The van der Waals surface area contributed by atoms with Crippen LogP contribution in [0.4, 0.5) is 0 Å². The zero-order valence-electron chi connectivity index (χ0n) is 29.6. The van der Waals surface area contributed by atoms with Gasteiger partial charge in [-0.1, -0.05) is 163 Å². The molecule has 0 aliphatic rings. The van der Waals surface area contributed by atoms with Crippen LogP contribution in [0.25, 0.3) is 0 Å². The van der Waals surface area contributed by atoms with E-state index in [1.165, 1.54) is 96.3 Å². The minimum absolute atomic E-state index is 0.0666. The molecule has 0 amide bonds. The molecule has 260 valence electrons. The van der Waals surface area contributed by atoms with Gasteiger partial charge in [0, 0.05) is 19.3 Å². The molecule has 0 bridgehead atoms. The Labute approximate surface area is 272 Å². The smallest absolute Gasteiger partial charge is 0.306 e. The van der Waals surface area contributed by atoms with Gasteiger partial charge in [0.2, 0.25) is 0 Å². The van der Waals surface area contributed by atoms with Gasteiger partial charge >= 0.3 is 17.9 Å². The van der Waals surface area contributed by atoms with Crippen molar-refractivity contribution in [2.45, 2.75) is 207 Å². The Morgan fingerprint density at radius 3 is 1.11 bits per heavy atom. The van der Waals surface area contributed by atoms with E-state index in [9.17, 15) is 14.4 Å². The van der Waals surface area contributed by atoms with Crippen molar-refractivity contribution in [1.82, 2.24) is 0 Å². The summed E-state index contributed by atoms with van der Waals surface area (Å²) in [5, 5.41) is 0. The highest BCUT2D eigenvalue weighted by atomic mass is 16.6. The molecule has 0 unspecified atom stereocenters. The minimum atomic E-state index is -0.756. The van der Waals surface area contributed by atoms with Gasteiger partial charge in [-0.05, 0) is 25.2 Å². The molecule has 44 heavy (non-hydrogen) atoms. The number of esters is 3. The molecule has 0 saturated carbocycles. The summed E-state index contributed by atoms with van der Waals surface area (Å²) in [6.45, 7) is 8.83. The van der Waals surface area contributed by atoms with Crippen molar-refractivity contribution < 1.29 is 28.6 Å². The summed E-state index contributed by atoms with van der Waals surface area (Å²) in [5.41, 5.74) is 0. The fourth-order valence-corrected chi connectivity index (χ4v) is 5.39. The van der Waals surface area contributed by atoms with Crippen molar-refractivity contribution in [2.24, 2.45) is 5.92 Å². The van der Waals surface area contributed by atoms with E-state index in [1.807, 2.05) is 0 Å². The maximum atomic E-state index is 12.5. The largest absolute Gasteiger partial charge is 0.462 e. The maximum Gasteiger partial charge on any atom is 0.306 e. The van der Waals surface area contributed by atoms with Crippen molar-refractivity contribution in [3.05, 3.63) is 0 Å². The van der Waals surface area contributed by atoms with E-state index in [0.717, 1.165) is 63.7 Å². The highest BCUT2D eigenvalue weighted by molar-refractivity contribution is 5.71. The average molecular weight is 625 g/mol. The fourth-order valence-electron chi connectivity index (χ4n) is 5.39. The molecule has 0 aliphatic carbocycles. The standard InChI is InChI=1S/C38H72O6/c1-5-7-9-11-13-14-15-17-22-26-30-37(40)43-33-35(32-42-36(39)29-25-21-16-12-10-8-6-2)44-38(41)31-27-23-19-18-20-24-28-34(3)4/h34-35H,5-33H2,1-4H3/t35-/m0/s1. The summed E-state index contributed by atoms with van der Waals surface area (Å²) in [7, 11) is 0. The lowest BCUT2D eigenvalue weighted by Crippen LogP contribution is -2.30. The second kappa shape index (κ2) is 32.8. The van der Waals surface area contributed by atoms with E-state index in [2.05, 4.69) is 27.7 Å². The zero-order chi connectivity index (χ0) is 32.5. The van der Waals surface area contributed by atoms with Crippen molar-refractivity contribution in [2.75, 3.05) is 13.2 Å². The molecule has 0 aliphatic heterocycles. The van der Waals surface area contributed by atoms with Crippen LogP contribution in [-0.2, 0) is 28.6 Å². The normalized spacial score (nSPS) is 11.9. The molecule has 0 N–H and O–H groups in total. The van der Waals surface area contributed by atoms with E-state index in [0.29, 0.717) is 19.3 Å². The lowest BCUT2D eigenvalue weighted by atomic mass is 10.0. The highest BCUT2D eigenvalue weighted by Gasteiger charge is 2.19. The molecule has 0 fully saturated rings. The molecule has 0 spiro atoms. The van der Waals surface area contributed by atoms with Gasteiger partial charge in [0.15, 0.2) is 6.10 Å². The molecular weight excluding hydrogens is 552 g/mol. The molecule has 0 aromatic carbocycles. The molecule has 6 nitrogen and oxygen atoms in total. The monoisotopic (exact) mass is 625 g/mol. The minimum Gasteiger partial charge on any atom is -0.462 e. The van der Waals surface area contributed by atoms with Crippen LogP contribution in [0, 0.1) is 5.92 Å². The Bertz CT molecular complexity index is 662. The molecule has 0 heterocycles. The second-order valence-electron chi connectivity index (χ2n) is 13.3. The molecule has 0 rings (SSSR count). The highest BCUT2D eigenvalue weighted by Crippen LogP contribution is 2.14. The fraction of sp³-hybridized carbons (Fsp3) is 0.921. The van der Waals surface area contributed by atoms with Crippen LogP contribution in [0.2, 0.25) is 0 Å². The van der Waals surface area contributed by atoms with Gasteiger partial charge in [-0.25, -0.2) is 0 Å². The topological polar surface area (TPSA) is 78.9 Å². The Balaban J connectivity index is 4.34. The van der Waals surface area contributed by atoms with Gasteiger partial charge < -0.3 is 14.2 Å². The van der Waals surface area contributed by atoms with Crippen LogP contribution in [0.15, 0.2) is 0 Å². The summed E-state index contributed by atoms with van der Waals surface area (Å²) >= 11 is 0. The van der Waals surface area contributed by atoms with Crippen LogP contribution in [0.1, 0.15) is 201 Å². The first-order valence-corrected chi connectivity index (χ1v) is 18.9. The third kappa shape index (κ3) is 31.8. The van der Waals surface area contributed by atoms with Gasteiger partial charge in [-0.15, -0.1) is 0 Å². The molecular formula is C38H72O6. The Morgan fingerprint density at radius 1 is 0.432 bits per heavy atom. The predicted molar refractivity (Wildman–Crippen MR) is 183 cm³/mol. The van der Waals surface area contributed by atoms with E-state index in [4.69, 9.17) is 14.2 Å². The number of rotatable bonds is 33. The summed E-state index contributed by atoms with van der Waals surface area (Å²) < 4.78 is 16.5. The number of hydrogen-bond acceptors (Lipinski definition) is 6. The Hall–Kier alpha value is -1.59. The number of carbonyl (C=O) groups is 3. The van der Waals surface area contributed by atoms with Crippen molar-refractivity contribution in [3.63, 3.8) is 0 Å². The first kappa shape index (κ1) is 42.4. The SMILES string of the molecule is CCCCCCCCCCCCC(=O)OC[C@H](COC(=O)CCCCCCCCC)OC(=O)CCCCCCCCC(C)C. The number of hydrogen-bond donors (Lipinski definition) is 0. The van der Waals surface area contributed by atoms with Gasteiger partial charge in [0.05, 0.1) is 0 Å². The quantitative estimate of drug-likeness (QED) is 0.0410. The number of carbonyl (C=O) groups excluding carboxylic acids is 3. The average Bonchev–Trinajstić information content (AvgIpc) is 3.00.